The first kappa shape index (κ1) is 20.5. The largest absolute Gasteiger partial charge is 0.497 e. The van der Waals surface area contributed by atoms with Crippen LogP contribution in [0.2, 0.25) is 0 Å². The van der Waals surface area contributed by atoms with Crippen molar-refractivity contribution in [3.63, 3.8) is 0 Å². The van der Waals surface area contributed by atoms with E-state index in [9.17, 15) is 9.59 Å². The molecule has 3 heterocycles. The number of nitrogens with zero attached hydrogens (tertiary/aromatic N) is 1. The molecule has 0 aliphatic carbocycles. The lowest BCUT2D eigenvalue weighted by molar-refractivity contribution is 0.0734. The molecule has 32 heavy (non-hydrogen) atoms. The molecule has 164 valence electrons. The van der Waals surface area contributed by atoms with E-state index in [1.54, 1.807) is 54.8 Å². The molecular weight excluding hydrogens is 426 g/mol. The van der Waals surface area contributed by atoms with Crippen molar-refractivity contribution in [3.8, 4) is 11.5 Å². The van der Waals surface area contributed by atoms with E-state index in [0.29, 0.717) is 17.1 Å². The van der Waals surface area contributed by atoms with Crippen molar-refractivity contribution in [2.24, 2.45) is 0 Å². The van der Waals surface area contributed by atoms with Crippen molar-refractivity contribution >= 4 is 28.2 Å². The minimum absolute atomic E-state index is 0.0409. The maximum atomic E-state index is 12.9. The number of fused-ring (bicyclic) bond motifs is 3. The zero-order valence-corrected chi connectivity index (χ0v) is 18.6. The average Bonchev–Trinajstić information content (AvgIpc) is 3.17. The lowest BCUT2D eigenvalue weighted by atomic mass is 10.0. The van der Waals surface area contributed by atoms with E-state index in [1.165, 1.54) is 10.4 Å². The summed E-state index contributed by atoms with van der Waals surface area (Å²) in [4.78, 5) is 28.8. The Morgan fingerprint density at radius 3 is 2.50 bits per heavy atom. The van der Waals surface area contributed by atoms with E-state index in [1.807, 2.05) is 12.1 Å². The number of hydrogen-bond donors (Lipinski definition) is 2. The van der Waals surface area contributed by atoms with Crippen molar-refractivity contribution in [1.29, 1.82) is 0 Å². The molecule has 1 aromatic heterocycles. The van der Waals surface area contributed by atoms with Crippen LogP contribution in [0.25, 0.3) is 0 Å². The van der Waals surface area contributed by atoms with E-state index in [-0.39, 0.29) is 12.1 Å². The fourth-order valence-electron chi connectivity index (χ4n) is 4.03. The summed E-state index contributed by atoms with van der Waals surface area (Å²) in [6.07, 6.45) is 0.560. The Bertz CT molecular complexity index is 1170. The van der Waals surface area contributed by atoms with Crippen LogP contribution >= 0.6 is 11.3 Å². The monoisotopic (exact) mass is 449 g/mol. The average molecular weight is 450 g/mol. The Morgan fingerprint density at radius 1 is 1.06 bits per heavy atom. The van der Waals surface area contributed by atoms with Gasteiger partial charge in [0.05, 0.1) is 18.2 Å². The predicted octanol–water partition coefficient (Wildman–Crippen LogP) is 3.82. The number of rotatable bonds is 4. The number of carbonyl (C=O) groups is 2. The molecule has 1 atom stereocenters. The van der Waals surface area contributed by atoms with Gasteiger partial charge in [0.15, 0.2) is 0 Å². The Morgan fingerprint density at radius 2 is 1.78 bits per heavy atom. The van der Waals surface area contributed by atoms with E-state index < -0.39 is 5.97 Å². The third kappa shape index (κ3) is 3.83. The third-order valence-electron chi connectivity index (χ3n) is 5.78. The molecule has 2 aliphatic rings. The molecule has 2 aromatic carbocycles. The number of thiophene rings is 1. The highest BCUT2D eigenvalue weighted by molar-refractivity contribution is 7.16. The van der Waals surface area contributed by atoms with Gasteiger partial charge in [-0.2, -0.15) is 0 Å². The van der Waals surface area contributed by atoms with Gasteiger partial charge in [0.25, 0.3) is 5.91 Å². The fraction of sp³-hybridized carbons (Fsp3) is 0.250. The summed E-state index contributed by atoms with van der Waals surface area (Å²) in [6, 6.07) is 13.9. The molecule has 0 radical (unpaired) electrons. The van der Waals surface area contributed by atoms with Crippen molar-refractivity contribution in [3.05, 3.63) is 75.7 Å². The summed E-state index contributed by atoms with van der Waals surface area (Å²) in [7, 11) is 3.67. The van der Waals surface area contributed by atoms with Crippen LogP contribution in [0.4, 0.5) is 5.00 Å². The zero-order chi connectivity index (χ0) is 22.2. The van der Waals surface area contributed by atoms with Crippen LogP contribution in [0.5, 0.6) is 11.5 Å². The third-order valence-corrected chi connectivity index (χ3v) is 6.92. The molecule has 5 rings (SSSR count). The first-order chi connectivity index (χ1) is 15.5. The summed E-state index contributed by atoms with van der Waals surface area (Å²) in [5.41, 5.74) is 3.29. The van der Waals surface area contributed by atoms with Crippen molar-refractivity contribution < 1.29 is 19.1 Å². The van der Waals surface area contributed by atoms with Gasteiger partial charge in [-0.05, 0) is 61.0 Å². The van der Waals surface area contributed by atoms with E-state index >= 15 is 0 Å². The molecule has 1 amide bonds. The number of carbonyl (C=O) groups excluding carboxylic acids is 2. The van der Waals surface area contributed by atoms with Crippen molar-refractivity contribution in [2.45, 2.75) is 19.1 Å². The highest BCUT2D eigenvalue weighted by Gasteiger charge is 2.32. The highest BCUT2D eigenvalue weighted by atomic mass is 32.1. The molecule has 8 heteroatoms. The molecule has 3 aromatic rings. The molecule has 0 spiro atoms. The second-order valence-electron chi connectivity index (χ2n) is 7.93. The number of amides is 1. The van der Waals surface area contributed by atoms with Gasteiger partial charge in [-0.3, -0.25) is 4.79 Å². The van der Waals surface area contributed by atoms with Crippen LogP contribution in [-0.4, -0.2) is 37.5 Å². The van der Waals surface area contributed by atoms with Crippen LogP contribution in [0.3, 0.4) is 0 Å². The predicted molar refractivity (Wildman–Crippen MR) is 123 cm³/mol. The summed E-state index contributed by atoms with van der Waals surface area (Å²) >= 11 is 1.66. The van der Waals surface area contributed by atoms with Gasteiger partial charge in [0.2, 0.25) is 0 Å². The van der Waals surface area contributed by atoms with E-state index in [2.05, 4.69) is 22.6 Å². The first-order valence-electron chi connectivity index (χ1n) is 10.4. The van der Waals surface area contributed by atoms with Crippen LogP contribution in [0, 0.1) is 0 Å². The standard InChI is InChI=1S/C24H23N3O4S/c1-27-12-11-18-19(13-27)32-23-20(18)22(28)25-21(26-23)14-3-9-17(10-4-14)31-24(29)15-5-7-16(30-2)8-6-15/h3-10,21,26H,11-13H2,1-2H3,(H,25,28)/t21-/m1/s1. The van der Waals surface area contributed by atoms with Gasteiger partial charge >= 0.3 is 5.97 Å². The number of esters is 1. The highest BCUT2D eigenvalue weighted by Crippen LogP contribution is 2.40. The smallest absolute Gasteiger partial charge is 0.343 e. The number of ether oxygens (including phenoxy) is 2. The second kappa shape index (κ2) is 8.29. The molecule has 2 aliphatic heterocycles. The second-order valence-corrected chi connectivity index (χ2v) is 9.04. The topological polar surface area (TPSA) is 79.9 Å². The Hall–Kier alpha value is -3.36. The van der Waals surface area contributed by atoms with Crippen LogP contribution in [0.15, 0.2) is 48.5 Å². The maximum Gasteiger partial charge on any atom is 0.343 e. The Kier molecular flexibility index (Phi) is 5.32. The number of hydrogen-bond acceptors (Lipinski definition) is 7. The summed E-state index contributed by atoms with van der Waals surface area (Å²) in [5, 5.41) is 7.44. The van der Waals surface area contributed by atoms with Crippen molar-refractivity contribution in [1.82, 2.24) is 10.2 Å². The van der Waals surface area contributed by atoms with Gasteiger partial charge in [0, 0.05) is 18.0 Å². The molecule has 0 bridgehead atoms. The maximum absolute atomic E-state index is 12.9. The van der Waals surface area contributed by atoms with Crippen molar-refractivity contribution in [2.75, 3.05) is 26.0 Å². The quantitative estimate of drug-likeness (QED) is 0.466. The van der Waals surface area contributed by atoms with E-state index in [4.69, 9.17) is 9.47 Å². The SMILES string of the molecule is COc1ccc(C(=O)Oc2ccc([C@@H]3NC(=O)c4c(sc5c4CCN(C)C5)N3)cc2)cc1. The normalized spacial score (nSPS) is 17.6. The van der Waals surface area contributed by atoms with Gasteiger partial charge in [-0.15, -0.1) is 11.3 Å². The van der Waals surface area contributed by atoms with Gasteiger partial charge in [-0.1, -0.05) is 12.1 Å². The summed E-state index contributed by atoms with van der Waals surface area (Å²) < 4.78 is 10.6. The molecule has 0 saturated heterocycles. The molecule has 2 N–H and O–H groups in total. The Labute approximate surface area is 190 Å². The van der Waals surface area contributed by atoms with E-state index in [0.717, 1.165) is 35.6 Å². The van der Waals surface area contributed by atoms with Crippen LogP contribution in [0.1, 0.15) is 42.9 Å². The first-order valence-corrected chi connectivity index (χ1v) is 11.2. The summed E-state index contributed by atoms with van der Waals surface area (Å²) in [5.74, 6) is 0.630. The number of benzene rings is 2. The lowest BCUT2D eigenvalue weighted by Gasteiger charge is -2.27. The van der Waals surface area contributed by atoms with Gasteiger partial charge < -0.3 is 25.0 Å². The van der Waals surface area contributed by atoms with Crippen LogP contribution in [-0.2, 0) is 13.0 Å². The molecule has 0 fully saturated rings. The fourth-order valence-corrected chi connectivity index (χ4v) is 5.38. The molecular formula is C24H23N3O4S. The zero-order valence-electron chi connectivity index (χ0n) is 17.8. The lowest BCUT2D eigenvalue weighted by Crippen LogP contribution is -2.38. The minimum atomic E-state index is -0.441. The van der Waals surface area contributed by atoms with Crippen LogP contribution < -0.4 is 20.1 Å². The van der Waals surface area contributed by atoms with Gasteiger partial charge in [0.1, 0.15) is 22.7 Å². The minimum Gasteiger partial charge on any atom is -0.497 e. The van der Waals surface area contributed by atoms with Gasteiger partial charge in [-0.25, -0.2) is 4.79 Å². The summed E-state index contributed by atoms with van der Waals surface area (Å²) in [6.45, 7) is 1.84. The molecule has 0 unspecified atom stereocenters. The molecule has 0 saturated carbocycles. The number of anilines is 1. The number of likely N-dealkylation sites (N-methyl/N-ethyl adjacent to an activating group) is 1. The Balaban J connectivity index is 1.29. The number of nitrogens with one attached hydrogen (secondary N) is 2. The molecule has 7 nitrogen and oxygen atoms in total. The number of methoxy groups -OCH3 is 1.